The van der Waals surface area contributed by atoms with Crippen LogP contribution in [-0.2, 0) is 0 Å². The van der Waals surface area contributed by atoms with E-state index in [9.17, 15) is 10.1 Å². The molecule has 0 atom stereocenters. The normalized spacial score (nSPS) is 11.0. The highest BCUT2D eigenvalue weighted by molar-refractivity contribution is 6.34. The zero-order chi connectivity index (χ0) is 13.0. The van der Waals surface area contributed by atoms with Gasteiger partial charge < -0.3 is 5.73 Å². The van der Waals surface area contributed by atoms with Gasteiger partial charge in [-0.2, -0.15) is 5.26 Å². The molecule has 0 aromatic heterocycles. The van der Waals surface area contributed by atoms with E-state index in [-0.39, 0.29) is 33.7 Å². The average Bonchev–Trinajstić information content (AvgIpc) is 2.30. The van der Waals surface area contributed by atoms with Crippen LogP contribution in [0.25, 0.3) is 0 Å². The quantitative estimate of drug-likeness (QED) is 0.300. The molecule has 1 rings (SSSR count). The molecule has 0 spiro atoms. The number of hydrogen-bond acceptors (Lipinski definition) is 4. The van der Waals surface area contributed by atoms with E-state index in [1.165, 1.54) is 0 Å². The number of nitrogens with two attached hydrogens (primary N) is 1. The van der Waals surface area contributed by atoms with Gasteiger partial charge in [0.1, 0.15) is 17.6 Å². The van der Waals surface area contributed by atoms with Crippen molar-refractivity contribution >= 4 is 40.4 Å². The monoisotopic (exact) mass is 272 g/mol. The van der Waals surface area contributed by atoms with Crippen LogP contribution in [0.15, 0.2) is 17.1 Å². The molecule has 6 nitrogen and oxygen atoms in total. The van der Waals surface area contributed by atoms with Gasteiger partial charge in [0.2, 0.25) is 0 Å². The van der Waals surface area contributed by atoms with Crippen LogP contribution in [0.2, 0.25) is 5.02 Å². The van der Waals surface area contributed by atoms with Gasteiger partial charge in [-0.1, -0.05) is 11.6 Å². The number of benzene rings is 1. The fourth-order valence-electron chi connectivity index (χ4n) is 1.06. The second-order valence-electron chi connectivity index (χ2n) is 2.93. The summed E-state index contributed by atoms with van der Waals surface area (Å²) in [6, 6.07) is 3.94. The summed E-state index contributed by atoms with van der Waals surface area (Å²) in [7, 11) is 0. The van der Waals surface area contributed by atoms with Crippen molar-refractivity contribution in [3.05, 3.63) is 32.8 Å². The van der Waals surface area contributed by atoms with Gasteiger partial charge >= 0.3 is 0 Å². The summed E-state index contributed by atoms with van der Waals surface area (Å²) >= 11 is 11.2. The molecule has 1 aromatic rings. The van der Waals surface area contributed by atoms with Gasteiger partial charge in [-0.15, -0.1) is 11.6 Å². The summed E-state index contributed by atoms with van der Waals surface area (Å²) < 4.78 is 0. The second kappa shape index (κ2) is 5.48. The fraction of sp³-hybridized carbons (Fsp3) is 0.111. The molecule has 0 aliphatic rings. The average molecular weight is 273 g/mol. The van der Waals surface area contributed by atoms with Gasteiger partial charge in [-0.05, 0) is 0 Å². The lowest BCUT2D eigenvalue weighted by Crippen LogP contribution is -2.12. The molecule has 0 saturated carbocycles. The zero-order valence-electron chi connectivity index (χ0n) is 8.35. The van der Waals surface area contributed by atoms with Gasteiger partial charge in [0.05, 0.1) is 21.4 Å². The third-order valence-electron chi connectivity index (χ3n) is 1.77. The third kappa shape index (κ3) is 3.06. The van der Waals surface area contributed by atoms with E-state index >= 15 is 0 Å². The number of aliphatic imine (C=N–C) groups is 1. The Morgan fingerprint density at radius 2 is 2.29 bits per heavy atom. The topological polar surface area (TPSA) is 105 Å². The zero-order valence-corrected chi connectivity index (χ0v) is 9.87. The molecule has 1 aromatic carbocycles. The molecular weight excluding hydrogens is 267 g/mol. The Morgan fingerprint density at radius 1 is 1.65 bits per heavy atom. The SMILES string of the molecule is N#Cc1cc([N+](=O)[O-])cc(Cl)c1N=C(N)CCl. The Labute approximate surface area is 106 Å². The third-order valence-corrected chi connectivity index (χ3v) is 2.33. The molecule has 0 amide bonds. The molecule has 0 unspecified atom stereocenters. The van der Waals surface area contributed by atoms with Gasteiger partial charge in [0.15, 0.2) is 0 Å². The molecule has 0 aliphatic carbocycles. The molecule has 0 aliphatic heterocycles. The predicted octanol–water partition coefficient (Wildman–Crippen LogP) is 2.35. The van der Waals surface area contributed by atoms with Crippen LogP contribution < -0.4 is 5.73 Å². The molecule has 0 fully saturated rings. The number of hydrogen-bond donors (Lipinski definition) is 1. The largest absolute Gasteiger partial charge is 0.386 e. The lowest BCUT2D eigenvalue weighted by molar-refractivity contribution is -0.384. The first kappa shape index (κ1) is 13.2. The number of amidine groups is 1. The van der Waals surface area contributed by atoms with Crippen LogP contribution in [0, 0.1) is 21.4 Å². The number of alkyl halides is 1. The highest BCUT2D eigenvalue weighted by Gasteiger charge is 2.15. The second-order valence-corrected chi connectivity index (χ2v) is 3.60. The number of non-ortho nitro benzene ring substituents is 1. The van der Waals surface area contributed by atoms with Gasteiger partial charge in [0, 0.05) is 12.1 Å². The lowest BCUT2D eigenvalue weighted by Gasteiger charge is -2.02. The van der Waals surface area contributed by atoms with Crippen molar-refractivity contribution in [2.45, 2.75) is 0 Å². The van der Waals surface area contributed by atoms with Crippen LogP contribution >= 0.6 is 23.2 Å². The van der Waals surface area contributed by atoms with Crippen LogP contribution in [0.3, 0.4) is 0 Å². The van der Waals surface area contributed by atoms with E-state index in [4.69, 9.17) is 34.2 Å². The minimum absolute atomic E-state index is 0.0242. The van der Waals surface area contributed by atoms with Gasteiger partial charge in [-0.3, -0.25) is 10.1 Å². The number of nitro groups is 1. The highest BCUT2D eigenvalue weighted by atomic mass is 35.5. The van der Waals surface area contributed by atoms with Crippen LogP contribution in [-0.4, -0.2) is 16.6 Å². The van der Waals surface area contributed by atoms with Crippen LogP contribution in [0.1, 0.15) is 5.56 Å². The maximum Gasteiger partial charge on any atom is 0.272 e. The van der Waals surface area contributed by atoms with Crippen molar-refractivity contribution < 1.29 is 4.92 Å². The predicted molar refractivity (Wildman–Crippen MR) is 64.8 cm³/mol. The standard InChI is InChI=1S/C9H6Cl2N4O2/c10-3-8(13)14-9-5(4-12)1-6(15(16)17)2-7(9)11/h1-2H,3H2,(H2,13,14). The number of nitrogens with zero attached hydrogens (tertiary/aromatic N) is 3. The van der Waals surface area contributed by atoms with Gasteiger partial charge in [0.25, 0.3) is 5.69 Å². The Balaban J connectivity index is 3.43. The van der Waals surface area contributed by atoms with Crippen LogP contribution in [0.5, 0.6) is 0 Å². The molecule has 88 valence electrons. The summed E-state index contributed by atoms with van der Waals surface area (Å²) in [6.07, 6.45) is 0. The summed E-state index contributed by atoms with van der Waals surface area (Å²) in [5.41, 5.74) is 5.18. The number of rotatable bonds is 3. The van der Waals surface area contributed by atoms with Crippen molar-refractivity contribution in [1.82, 2.24) is 0 Å². The molecule has 2 N–H and O–H groups in total. The Bertz CT molecular complexity index is 537. The van der Waals surface area contributed by atoms with E-state index in [2.05, 4.69) is 4.99 Å². The smallest absolute Gasteiger partial charge is 0.272 e. The molecule has 0 saturated heterocycles. The first-order valence-corrected chi connectivity index (χ1v) is 5.18. The molecule has 17 heavy (non-hydrogen) atoms. The minimum atomic E-state index is -0.648. The molecule has 8 heteroatoms. The van der Waals surface area contributed by atoms with E-state index < -0.39 is 4.92 Å². The summed E-state index contributed by atoms with van der Waals surface area (Å²) in [4.78, 5) is 13.8. The van der Waals surface area contributed by atoms with E-state index in [1.807, 2.05) is 0 Å². The molecule has 0 heterocycles. The van der Waals surface area contributed by atoms with Crippen molar-refractivity contribution in [3.63, 3.8) is 0 Å². The maximum atomic E-state index is 10.6. The molecular formula is C9H6Cl2N4O2. The minimum Gasteiger partial charge on any atom is -0.386 e. The highest BCUT2D eigenvalue weighted by Crippen LogP contribution is 2.33. The number of halogens is 2. The number of nitriles is 1. The number of nitro benzene ring substituents is 1. The lowest BCUT2D eigenvalue weighted by atomic mass is 10.1. The van der Waals surface area contributed by atoms with Crippen molar-refractivity contribution in [2.75, 3.05) is 5.88 Å². The van der Waals surface area contributed by atoms with E-state index in [1.54, 1.807) is 6.07 Å². The van der Waals surface area contributed by atoms with Crippen LogP contribution in [0.4, 0.5) is 11.4 Å². The Hall–Kier alpha value is -1.84. The first-order valence-electron chi connectivity index (χ1n) is 4.26. The summed E-state index contributed by atoms with van der Waals surface area (Å²) in [5, 5.41) is 19.4. The van der Waals surface area contributed by atoms with Crippen molar-refractivity contribution in [1.29, 1.82) is 5.26 Å². The fourth-order valence-corrected chi connectivity index (χ4v) is 1.38. The molecule has 0 radical (unpaired) electrons. The van der Waals surface area contributed by atoms with E-state index in [0.717, 1.165) is 12.1 Å². The molecule has 0 bridgehead atoms. The maximum absolute atomic E-state index is 10.6. The van der Waals surface area contributed by atoms with E-state index in [0.29, 0.717) is 0 Å². The Kier molecular flexibility index (Phi) is 4.26. The Morgan fingerprint density at radius 3 is 2.76 bits per heavy atom. The summed E-state index contributed by atoms with van der Waals surface area (Å²) in [5.74, 6) is 0.0389. The first-order chi connectivity index (χ1) is 7.99. The van der Waals surface area contributed by atoms with Crippen molar-refractivity contribution in [2.24, 2.45) is 10.7 Å². The van der Waals surface area contributed by atoms with Gasteiger partial charge in [-0.25, -0.2) is 4.99 Å². The van der Waals surface area contributed by atoms with Crippen molar-refractivity contribution in [3.8, 4) is 6.07 Å². The summed E-state index contributed by atoms with van der Waals surface area (Å²) in [6.45, 7) is 0.